The molecule has 3 heterocycles. The summed E-state index contributed by atoms with van der Waals surface area (Å²) in [6.07, 6.45) is -1.49. The van der Waals surface area contributed by atoms with Crippen molar-refractivity contribution in [1.29, 1.82) is 0 Å². The van der Waals surface area contributed by atoms with Gasteiger partial charge >= 0.3 is 0 Å². The SMILES string of the molecule is CO[C@@H]1[C@@H](n2cc(-c3cc(F)c(F)c(F)c3)nn2)[C@H]2OC(c3ccccc3)OC[C@H]2O[C@H]1C(=O)/N=C/N(C)C. The molecule has 6 atom stereocenters. The Morgan fingerprint density at radius 3 is 2.54 bits per heavy atom. The van der Waals surface area contributed by atoms with Gasteiger partial charge in [-0.2, -0.15) is 0 Å². The molecule has 5 rings (SSSR count). The highest BCUT2D eigenvalue weighted by molar-refractivity contribution is 5.88. The third kappa shape index (κ3) is 5.43. The van der Waals surface area contributed by atoms with E-state index in [-0.39, 0.29) is 17.9 Å². The van der Waals surface area contributed by atoms with Crippen LogP contribution in [0.3, 0.4) is 0 Å². The zero-order chi connectivity index (χ0) is 27.7. The zero-order valence-corrected chi connectivity index (χ0v) is 21.3. The van der Waals surface area contributed by atoms with Gasteiger partial charge in [0.15, 0.2) is 29.8 Å². The number of nitrogens with zero attached hydrogens (tertiary/aromatic N) is 5. The van der Waals surface area contributed by atoms with E-state index in [4.69, 9.17) is 18.9 Å². The topological polar surface area (TPSA) is 100 Å². The number of benzene rings is 2. The summed E-state index contributed by atoms with van der Waals surface area (Å²) >= 11 is 0. The van der Waals surface area contributed by atoms with Gasteiger partial charge in [-0.1, -0.05) is 35.5 Å². The van der Waals surface area contributed by atoms with E-state index in [1.54, 1.807) is 19.0 Å². The van der Waals surface area contributed by atoms with Crippen LogP contribution in [0.4, 0.5) is 13.2 Å². The van der Waals surface area contributed by atoms with Gasteiger partial charge in [-0.15, -0.1) is 5.10 Å². The minimum atomic E-state index is -1.58. The Bertz CT molecular complexity index is 1330. The van der Waals surface area contributed by atoms with E-state index in [9.17, 15) is 18.0 Å². The first-order valence-electron chi connectivity index (χ1n) is 12.1. The Labute approximate surface area is 221 Å². The number of hydrogen-bond donors (Lipinski definition) is 0. The largest absolute Gasteiger partial charge is 0.376 e. The van der Waals surface area contributed by atoms with Crippen LogP contribution in [-0.2, 0) is 23.7 Å². The predicted octanol–water partition coefficient (Wildman–Crippen LogP) is 2.92. The maximum Gasteiger partial charge on any atom is 0.278 e. The summed E-state index contributed by atoms with van der Waals surface area (Å²) in [6, 6.07) is 10.1. The number of ether oxygens (including phenoxy) is 4. The molecule has 0 spiro atoms. The Hall–Kier alpha value is -3.65. The van der Waals surface area contributed by atoms with E-state index < -0.39 is 60.1 Å². The lowest BCUT2D eigenvalue weighted by atomic mass is 9.91. The molecule has 1 aromatic heterocycles. The molecule has 1 unspecified atom stereocenters. The van der Waals surface area contributed by atoms with Crippen LogP contribution in [0.25, 0.3) is 11.3 Å². The summed E-state index contributed by atoms with van der Waals surface area (Å²) in [5.74, 6) is -4.89. The average Bonchev–Trinajstić information content (AvgIpc) is 3.43. The quantitative estimate of drug-likeness (QED) is 0.265. The summed E-state index contributed by atoms with van der Waals surface area (Å²) in [4.78, 5) is 18.6. The number of methoxy groups -OCH3 is 1. The van der Waals surface area contributed by atoms with Gasteiger partial charge in [0.25, 0.3) is 5.91 Å². The Balaban J connectivity index is 1.53. The molecule has 1 amide bonds. The van der Waals surface area contributed by atoms with Crippen molar-refractivity contribution in [2.75, 3.05) is 27.8 Å². The van der Waals surface area contributed by atoms with Gasteiger partial charge in [0.2, 0.25) is 0 Å². The molecule has 2 aromatic carbocycles. The van der Waals surface area contributed by atoms with Crippen LogP contribution in [0.1, 0.15) is 17.9 Å². The molecule has 2 fully saturated rings. The van der Waals surface area contributed by atoms with Crippen molar-refractivity contribution in [3.05, 3.63) is 71.7 Å². The summed E-state index contributed by atoms with van der Waals surface area (Å²) in [5, 5.41) is 8.21. The molecule has 3 aromatic rings. The predicted molar refractivity (Wildman–Crippen MR) is 131 cm³/mol. The number of aromatic nitrogens is 3. The normalized spacial score (nSPS) is 26.9. The number of aliphatic imine (C=N–C) groups is 1. The van der Waals surface area contributed by atoms with Gasteiger partial charge in [0.05, 0.1) is 19.1 Å². The van der Waals surface area contributed by atoms with Gasteiger partial charge in [-0.3, -0.25) is 4.79 Å². The summed E-state index contributed by atoms with van der Waals surface area (Å²) in [7, 11) is 4.85. The molecule has 2 aliphatic heterocycles. The molecule has 0 radical (unpaired) electrons. The van der Waals surface area contributed by atoms with Crippen molar-refractivity contribution in [2.45, 2.75) is 36.7 Å². The van der Waals surface area contributed by atoms with Gasteiger partial charge in [0, 0.05) is 32.3 Å². The first-order valence-corrected chi connectivity index (χ1v) is 12.1. The number of carbonyl (C=O) groups excluding carboxylic acids is 1. The van der Waals surface area contributed by atoms with Gasteiger partial charge in [0.1, 0.15) is 30.0 Å². The summed E-state index contributed by atoms with van der Waals surface area (Å²) in [5.41, 5.74) is 0.827. The molecule has 0 N–H and O–H groups in total. The molecular weight excluding hydrogens is 519 g/mol. The Kier molecular flexibility index (Phi) is 7.75. The minimum absolute atomic E-state index is 0.0199. The number of rotatable bonds is 6. The third-order valence-corrected chi connectivity index (χ3v) is 6.45. The second-order valence-corrected chi connectivity index (χ2v) is 9.35. The number of halogens is 3. The molecule has 2 aliphatic rings. The van der Waals surface area contributed by atoms with Crippen molar-refractivity contribution < 1.29 is 36.9 Å². The van der Waals surface area contributed by atoms with Crippen LogP contribution in [-0.4, -0.2) is 84.4 Å². The van der Waals surface area contributed by atoms with Crippen LogP contribution in [0, 0.1) is 17.5 Å². The highest BCUT2D eigenvalue weighted by Gasteiger charge is 2.53. The molecule has 10 nitrogen and oxygen atoms in total. The van der Waals surface area contributed by atoms with Gasteiger partial charge in [-0.25, -0.2) is 22.8 Å². The Morgan fingerprint density at radius 2 is 1.87 bits per heavy atom. The van der Waals surface area contributed by atoms with Crippen molar-refractivity contribution >= 4 is 12.2 Å². The summed E-state index contributed by atoms with van der Waals surface area (Å²) < 4.78 is 66.8. The maximum atomic E-state index is 13.9. The van der Waals surface area contributed by atoms with Crippen LogP contribution in [0.5, 0.6) is 0 Å². The second-order valence-electron chi connectivity index (χ2n) is 9.35. The summed E-state index contributed by atoms with van der Waals surface area (Å²) in [6.45, 7) is 0.0915. The molecule has 2 saturated heterocycles. The number of fused-ring (bicyclic) bond motifs is 1. The fourth-order valence-electron chi connectivity index (χ4n) is 4.65. The molecular formula is C26H26F3N5O5. The highest BCUT2D eigenvalue weighted by Crippen LogP contribution is 2.40. The fraction of sp³-hybridized carbons (Fsp3) is 0.385. The van der Waals surface area contributed by atoms with Crippen LogP contribution in [0.15, 0.2) is 53.7 Å². The van der Waals surface area contributed by atoms with Crippen LogP contribution in [0.2, 0.25) is 0 Å². The molecule has 0 saturated carbocycles. The highest BCUT2D eigenvalue weighted by atomic mass is 19.2. The van der Waals surface area contributed by atoms with Crippen molar-refractivity contribution in [3.8, 4) is 11.3 Å². The van der Waals surface area contributed by atoms with Crippen molar-refractivity contribution in [2.24, 2.45) is 4.99 Å². The molecule has 13 heteroatoms. The van der Waals surface area contributed by atoms with Gasteiger partial charge < -0.3 is 23.8 Å². The lowest BCUT2D eigenvalue weighted by Crippen LogP contribution is -2.61. The molecule has 0 aliphatic carbocycles. The number of hydrogen-bond acceptors (Lipinski definition) is 7. The second kappa shape index (κ2) is 11.2. The molecule has 39 heavy (non-hydrogen) atoms. The molecule has 0 bridgehead atoms. The monoisotopic (exact) mass is 545 g/mol. The maximum absolute atomic E-state index is 13.9. The third-order valence-electron chi connectivity index (χ3n) is 6.45. The lowest BCUT2D eigenvalue weighted by Gasteiger charge is -2.48. The number of carbonyl (C=O) groups is 1. The van der Waals surface area contributed by atoms with Crippen LogP contribution < -0.4 is 0 Å². The van der Waals surface area contributed by atoms with E-state index >= 15 is 0 Å². The zero-order valence-electron chi connectivity index (χ0n) is 21.3. The fourth-order valence-corrected chi connectivity index (χ4v) is 4.65. The number of amides is 1. The first kappa shape index (κ1) is 26.9. The van der Waals surface area contributed by atoms with E-state index in [1.807, 2.05) is 30.3 Å². The van der Waals surface area contributed by atoms with Gasteiger partial charge in [-0.05, 0) is 12.1 Å². The van der Waals surface area contributed by atoms with E-state index in [1.165, 1.54) is 24.3 Å². The van der Waals surface area contributed by atoms with E-state index in [2.05, 4.69) is 15.3 Å². The van der Waals surface area contributed by atoms with Crippen molar-refractivity contribution in [1.82, 2.24) is 19.9 Å². The standard InChI is InChI=1S/C26H26F3N5O5/c1-33(2)13-30-25(35)24-23(36-3)21(22-19(38-24)12-37-26(39-22)14-7-5-4-6-8-14)34-11-18(31-32-34)15-9-16(27)20(29)17(28)10-15/h4-11,13,19,21-24,26H,12H2,1-3H3/b30-13+/t19-,21+,22+,23-,24-,26?/m1/s1. The van der Waals surface area contributed by atoms with E-state index in [0.29, 0.717) is 0 Å². The average molecular weight is 546 g/mol. The van der Waals surface area contributed by atoms with E-state index in [0.717, 1.165) is 17.7 Å². The first-order chi connectivity index (χ1) is 18.8. The van der Waals surface area contributed by atoms with Crippen LogP contribution >= 0.6 is 0 Å². The Morgan fingerprint density at radius 1 is 1.15 bits per heavy atom. The smallest absolute Gasteiger partial charge is 0.278 e. The lowest BCUT2D eigenvalue weighted by molar-refractivity contribution is -0.314. The molecule has 206 valence electrons. The minimum Gasteiger partial charge on any atom is -0.376 e. The van der Waals surface area contributed by atoms with Crippen molar-refractivity contribution in [3.63, 3.8) is 0 Å².